The number of carbonyl (C=O) groups is 2. The summed E-state index contributed by atoms with van der Waals surface area (Å²) in [6.07, 6.45) is 1.45. The second-order valence-corrected chi connectivity index (χ2v) is 8.01. The normalized spacial score (nSPS) is 14.5. The van der Waals surface area contributed by atoms with E-state index in [9.17, 15) is 22.8 Å². The van der Waals surface area contributed by atoms with Gasteiger partial charge in [-0.25, -0.2) is 4.39 Å². The van der Waals surface area contributed by atoms with Crippen LogP contribution in [0.2, 0.25) is 0 Å². The molecule has 0 unspecified atom stereocenters. The summed E-state index contributed by atoms with van der Waals surface area (Å²) >= 11 is 0. The third-order valence-corrected chi connectivity index (χ3v) is 5.63. The quantitative estimate of drug-likeness (QED) is 0.527. The van der Waals surface area contributed by atoms with Gasteiger partial charge in [0.1, 0.15) is 0 Å². The lowest BCUT2D eigenvalue weighted by atomic mass is 10.0. The van der Waals surface area contributed by atoms with Crippen molar-refractivity contribution < 1.29 is 37.0 Å². The van der Waals surface area contributed by atoms with Gasteiger partial charge in [-0.15, -0.1) is 0 Å². The van der Waals surface area contributed by atoms with Crippen molar-refractivity contribution in [1.82, 2.24) is 15.5 Å². The highest BCUT2D eigenvalue weighted by molar-refractivity contribution is 5.97. The smallest absolute Gasteiger partial charge is 0.387 e. The van der Waals surface area contributed by atoms with Crippen molar-refractivity contribution in [3.63, 3.8) is 0 Å². The van der Waals surface area contributed by atoms with E-state index in [-0.39, 0.29) is 41.3 Å². The third kappa shape index (κ3) is 7.51. The number of nitrogens with one attached hydrogen (secondary N) is 2. The first-order chi connectivity index (χ1) is 16.8. The highest BCUT2D eigenvalue weighted by atomic mass is 19.3. The Balaban J connectivity index is 1.42. The summed E-state index contributed by atoms with van der Waals surface area (Å²) in [5.41, 5.74) is 0.985. The molecule has 0 bridgehead atoms. The Morgan fingerprint density at radius 1 is 1.03 bits per heavy atom. The topological polar surface area (TPSA) is 89.1 Å². The molecule has 35 heavy (non-hydrogen) atoms. The third-order valence-electron chi connectivity index (χ3n) is 5.63. The second kappa shape index (κ2) is 12.3. The van der Waals surface area contributed by atoms with Gasteiger partial charge in [0.15, 0.2) is 23.1 Å². The number of nitrogens with zero attached hydrogens (tertiary/aromatic N) is 1. The van der Waals surface area contributed by atoms with Crippen LogP contribution in [0.4, 0.5) is 13.2 Å². The molecule has 190 valence electrons. The van der Waals surface area contributed by atoms with Crippen molar-refractivity contribution in [3.05, 3.63) is 53.3 Å². The number of likely N-dealkylation sites (tertiary alicyclic amines) is 1. The van der Waals surface area contributed by atoms with Crippen molar-refractivity contribution in [2.75, 3.05) is 33.9 Å². The fourth-order valence-corrected chi connectivity index (χ4v) is 3.85. The van der Waals surface area contributed by atoms with Gasteiger partial charge < -0.3 is 24.8 Å². The highest BCUT2D eigenvalue weighted by Gasteiger charge is 2.21. The van der Waals surface area contributed by atoms with E-state index >= 15 is 0 Å². The van der Waals surface area contributed by atoms with Gasteiger partial charge in [-0.1, -0.05) is 6.07 Å². The second-order valence-electron chi connectivity index (χ2n) is 8.01. The van der Waals surface area contributed by atoms with Crippen LogP contribution in [0.3, 0.4) is 0 Å². The van der Waals surface area contributed by atoms with Gasteiger partial charge in [-0.3, -0.25) is 14.5 Å². The number of methoxy groups -OCH3 is 2. The molecule has 0 aliphatic carbocycles. The number of ether oxygens (including phenoxy) is 3. The zero-order valence-corrected chi connectivity index (χ0v) is 19.5. The molecule has 2 N–H and O–H groups in total. The first-order valence-corrected chi connectivity index (χ1v) is 11.0. The molecule has 11 heteroatoms. The number of carbonyl (C=O) groups excluding carboxylic acids is 2. The Hall–Kier alpha value is -3.47. The van der Waals surface area contributed by atoms with Crippen molar-refractivity contribution in [2.45, 2.75) is 32.0 Å². The van der Waals surface area contributed by atoms with E-state index < -0.39 is 18.3 Å². The largest absolute Gasteiger partial charge is 0.494 e. The summed E-state index contributed by atoms with van der Waals surface area (Å²) < 4.78 is 53.0. The van der Waals surface area contributed by atoms with Gasteiger partial charge in [-0.2, -0.15) is 8.78 Å². The van der Waals surface area contributed by atoms with Crippen LogP contribution in [0.5, 0.6) is 17.2 Å². The number of halogens is 3. The molecule has 2 aromatic carbocycles. The Kier molecular flexibility index (Phi) is 9.18. The molecule has 3 rings (SSSR count). The minimum absolute atomic E-state index is 0.0217. The number of piperidine rings is 1. The van der Waals surface area contributed by atoms with E-state index in [1.165, 1.54) is 38.5 Å². The molecular formula is C24H28F3N3O5. The van der Waals surface area contributed by atoms with Crippen LogP contribution in [-0.2, 0) is 11.3 Å². The van der Waals surface area contributed by atoms with Gasteiger partial charge in [0.2, 0.25) is 5.91 Å². The van der Waals surface area contributed by atoms with E-state index in [2.05, 4.69) is 20.3 Å². The van der Waals surface area contributed by atoms with Crippen LogP contribution in [0.1, 0.15) is 28.8 Å². The average Bonchev–Trinajstić information content (AvgIpc) is 2.84. The summed E-state index contributed by atoms with van der Waals surface area (Å²) in [6.45, 7) is -1.19. The number of rotatable bonds is 10. The Morgan fingerprint density at radius 2 is 1.71 bits per heavy atom. The molecule has 2 amide bonds. The number of amides is 2. The molecule has 1 heterocycles. The Labute approximate surface area is 201 Å². The van der Waals surface area contributed by atoms with Crippen molar-refractivity contribution in [1.29, 1.82) is 0 Å². The van der Waals surface area contributed by atoms with Gasteiger partial charge in [-0.05, 0) is 48.7 Å². The minimum atomic E-state index is -3.02. The van der Waals surface area contributed by atoms with Crippen LogP contribution in [0.15, 0.2) is 36.4 Å². The lowest BCUT2D eigenvalue weighted by molar-refractivity contribution is -0.121. The molecule has 0 aromatic heterocycles. The van der Waals surface area contributed by atoms with Crippen molar-refractivity contribution in [3.8, 4) is 17.2 Å². The lowest BCUT2D eigenvalue weighted by Gasteiger charge is -2.32. The summed E-state index contributed by atoms with van der Waals surface area (Å²) in [4.78, 5) is 26.8. The number of hydrogen-bond donors (Lipinski definition) is 2. The molecule has 0 atom stereocenters. The predicted molar refractivity (Wildman–Crippen MR) is 121 cm³/mol. The lowest BCUT2D eigenvalue weighted by Crippen LogP contribution is -2.47. The maximum absolute atomic E-state index is 13.9. The van der Waals surface area contributed by atoms with Crippen LogP contribution in [-0.4, -0.2) is 63.2 Å². The van der Waals surface area contributed by atoms with Crippen molar-refractivity contribution >= 4 is 11.8 Å². The van der Waals surface area contributed by atoms with Crippen LogP contribution in [0.25, 0.3) is 0 Å². The summed E-state index contributed by atoms with van der Waals surface area (Å²) in [7, 11) is 2.69. The molecule has 1 aliphatic rings. The molecule has 1 saturated heterocycles. The SMILES string of the molecule is COc1ccc(CN2CCC(NC(=O)CNC(=O)c3ccc(OC(F)F)c(OC)c3)CC2)cc1F. The molecule has 1 aliphatic heterocycles. The molecule has 0 spiro atoms. The predicted octanol–water partition coefficient (Wildman–Crippen LogP) is 2.95. The fourth-order valence-electron chi connectivity index (χ4n) is 3.85. The first kappa shape index (κ1) is 26.1. The zero-order valence-electron chi connectivity index (χ0n) is 19.5. The Morgan fingerprint density at radius 3 is 2.34 bits per heavy atom. The summed E-state index contributed by atoms with van der Waals surface area (Å²) in [5, 5.41) is 5.41. The van der Waals surface area contributed by atoms with Gasteiger partial charge in [0.25, 0.3) is 5.91 Å². The van der Waals surface area contributed by atoms with Gasteiger partial charge in [0.05, 0.1) is 20.8 Å². The van der Waals surface area contributed by atoms with Crippen LogP contribution < -0.4 is 24.8 Å². The van der Waals surface area contributed by atoms with Crippen LogP contribution in [0, 0.1) is 5.82 Å². The van der Waals surface area contributed by atoms with Gasteiger partial charge >= 0.3 is 6.61 Å². The van der Waals surface area contributed by atoms with E-state index in [1.54, 1.807) is 6.07 Å². The van der Waals surface area contributed by atoms with E-state index in [0.29, 0.717) is 6.54 Å². The highest BCUT2D eigenvalue weighted by Crippen LogP contribution is 2.29. The number of benzene rings is 2. The minimum Gasteiger partial charge on any atom is -0.494 e. The Bertz CT molecular complexity index is 1030. The molecule has 8 nitrogen and oxygen atoms in total. The first-order valence-electron chi connectivity index (χ1n) is 11.0. The number of alkyl halides is 2. The number of hydrogen-bond acceptors (Lipinski definition) is 6. The van der Waals surface area contributed by atoms with Crippen LogP contribution >= 0.6 is 0 Å². The maximum Gasteiger partial charge on any atom is 0.387 e. The summed E-state index contributed by atoms with van der Waals surface area (Å²) in [6, 6.07) is 8.63. The zero-order chi connectivity index (χ0) is 25.4. The average molecular weight is 495 g/mol. The molecule has 2 aromatic rings. The van der Waals surface area contributed by atoms with Crippen molar-refractivity contribution in [2.24, 2.45) is 0 Å². The van der Waals surface area contributed by atoms with E-state index in [1.807, 2.05) is 6.07 Å². The van der Waals surface area contributed by atoms with E-state index in [4.69, 9.17) is 9.47 Å². The standard InChI is InChI=1S/C24H28F3N3O5/c1-33-19-5-3-15(11-18(19)25)14-30-9-7-17(8-10-30)29-22(31)13-28-23(32)16-4-6-20(35-24(26)27)21(12-16)34-2/h3-6,11-12,17,24H,7-10,13-14H2,1-2H3,(H,28,32)(H,29,31). The summed E-state index contributed by atoms with van der Waals surface area (Å²) in [5.74, 6) is -1.29. The molecule has 1 fully saturated rings. The fraction of sp³-hybridized carbons (Fsp3) is 0.417. The van der Waals surface area contributed by atoms with E-state index in [0.717, 1.165) is 31.5 Å². The molecule has 0 radical (unpaired) electrons. The van der Waals surface area contributed by atoms with Gasteiger partial charge in [0, 0.05) is 31.2 Å². The molecule has 0 saturated carbocycles. The maximum atomic E-state index is 13.9. The molecular weight excluding hydrogens is 467 g/mol. The monoisotopic (exact) mass is 495 g/mol.